The number of ether oxygens (including phenoxy) is 2. The molecule has 4 aromatic rings. The van der Waals surface area contributed by atoms with Gasteiger partial charge < -0.3 is 25.8 Å². The van der Waals surface area contributed by atoms with E-state index >= 15 is 0 Å². The lowest BCUT2D eigenvalue weighted by atomic mass is 10.00. The largest absolute Gasteiger partial charge is 0.490 e. The third-order valence-corrected chi connectivity index (χ3v) is 9.81. The van der Waals surface area contributed by atoms with Crippen LogP contribution in [0.15, 0.2) is 71.8 Å². The fraction of sp³-hybridized carbons (Fsp3) is 0.344. The molecule has 0 aliphatic heterocycles. The minimum Gasteiger partial charge on any atom is -0.490 e. The summed E-state index contributed by atoms with van der Waals surface area (Å²) < 4.78 is 38.3. The lowest BCUT2D eigenvalue weighted by Crippen LogP contribution is -2.34. The zero-order chi connectivity index (χ0) is 30.6. The van der Waals surface area contributed by atoms with Crippen LogP contribution in [0.3, 0.4) is 0 Å². The predicted molar refractivity (Wildman–Crippen MR) is 167 cm³/mol. The molecule has 1 saturated carbocycles. The molecule has 1 heterocycles. The molecule has 226 valence electrons. The molecule has 10 nitrogen and oxygen atoms in total. The van der Waals surface area contributed by atoms with Gasteiger partial charge in [-0.2, -0.15) is 5.10 Å². The molecule has 3 aromatic carbocycles. The molecule has 1 unspecified atom stereocenters. The molecule has 0 radical (unpaired) electrons. The number of sulfone groups is 1. The Morgan fingerprint density at radius 1 is 1.07 bits per heavy atom. The number of amides is 1. The standard InChI is InChI=1S/C32H37N5O5S/c1-4-41-28-17-21(12-15-27(28)42-20(2)3)30(36-24-13-14-26-23(16-24)19-35-37-31(26)33)32(38)34-18-22-8-5-6-11-29(22)43(39,40)25-9-7-10-25/h5-6,8,11-17,19-20,25,30,36H,4,7,9-10,18H2,1-3H3,(H2,33,37)(H,34,38). The molecule has 4 N–H and O–H groups in total. The van der Waals surface area contributed by atoms with Crippen LogP contribution in [0.4, 0.5) is 11.5 Å². The summed E-state index contributed by atoms with van der Waals surface area (Å²) in [5.41, 5.74) is 7.83. The molecule has 0 spiro atoms. The van der Waals surface area contributed by atoms with Crippen molar-refractivity contribution in [2.45, 2.75) is 68.9 Å². The van der Waals surface area contributed by atoms with Crippen LogP contribution in [0.1, 0.15) is 57.2 Å². The lowest BCUT2D eigenvalue weighted by molar-refractivity contribution is -0.122. The number of carbonyl (C=O) groups is 1. The topological polar surface area (TPSA) is 146 Å². The van der Waals surface area contributed by atoms with Crippen LogP contribution in [-0.2, 0) is 21.2 Å². The fourth-order valence-electron chi connectivity index (χ4n) is 5.06. The van der Waals surface area contributed by atoms with Gasteiger partial charge >= 0.3 is 0 Å². The molecule has 1 atom stereocenters. The summed E-state index contributed by atoms with van der Waals surface area (Å²) >= 11 is 0. The van der Waals surface area contributed by atoms with Gasteiger partial charge in [-0.25, -0.2) is 8.42 Å². The Morgan fingerprint density at radius 2 is 1.86 bits per heavy atom. The van der Waals surface area contributed by atoms with Crippen molar-refractivity contribution in [3.05, 3.63) is 78.0 Å². The molecule has 1 aromatic heterocycles. The second-order valence-corrected chi connectivity index (χ2v) is 13.0. The van der Waals surface area contributed by atoms with E-state index in [0.29, 0.717) is 53.6 Å². The van der Waals surface area contributed by atoms with E-state index in [9.17, 15) is 13.2 Å². The summed E-state index contributed by atoms with van der Waals surface area (Å²) in [4.78, 5) is 14.2. The lowest BCUT2D eigenvalue weighted by Gasteiger charge is -2.26. The number of benzene rings is 3. The molecule has 11 heteroatoms. The Balaban J connectivity index is 1.46. The van der Waals surface area contributed by atoms with E-state index in [2.05, 4.69) is 20.8 Å². The van der Waals surface area contributed by atoms with Gasteiger partial charge in [-0.05, 0) is 81.1 Å². The van der Waals surface area contributed by atoms with E-state index in [0.717, 1.165) is 17.2 Å². The average Bonchev–Trinajstić information content (AvgIpc) is 2.94. The van der Waals surface area contributed by atoms with Crippen LogP contribution in [0.2, 0.25) is 0 Å². The van der Waals surface area contributed by atoms with Gasteiger partial charge in [0.1, 0.15) is 6.04 Å². The van der Waals surface area contributed by atoms with E-state index in [-0.39, 0.29) is 28.7 Å². The number of fused-ring (bicyclic) bond motifs is 1. The quantitative estimate of drug-likeness (QED) is 0.199. The van der Waals surface area contributed by atoms with E-state index in [1.54, 1.807) is 42.6 Å². The number of hydrogen-bond acceptors (Lipinski definition) is 9. The SMILES string of the molecule is CCOc1cc(C(Nc2ccc3c(N)nncc3c2)C(=O)NCc2ccccc2S(=O)(=O)C2CCC2)ccc1OC(C)C. The number of anilines is 2. The second kappa shape index (κ2) is 12.9. The first kappa shape index (κ1) is 30.1. The first-order valence-electron chi connectivity index (χ1n) is 14.5. The van der Waals surface area contributed by atoms with Crippen molar-refractivity contribution < 1.29 is 22.7 Å². The van der Waals surface area contributed by atoms with Crippen LogP contribution in [0.25, 0.3) is 10.8 Å². The van der Waals surface area contributed by atoms with Crippen LogP contribution in [0.5, 0.6) is 11.5 Å². The van der Waals surface area contributed by atoms with E-state index < -0.39 is 15.9 Å². The number of nitrogen functional groups attached to an aromatic ring is 1. The maximum absolute atomic E-state index is 13.9. The smallest absolute Gasteiger partial charge is 0.247 e. The minimum atomic E-state index is -3.47. The van der Waals surface area contributed by atoms with Gasteiger partial charge in [0.15, 0.2) is 27.2 Å². The van der Waals surface area contributed by atoms with Gasteiger partial charge in [0.25, 0.3) is 0 Å². The maximum atomic E-state index is 13.9. The summed E-state index contributed by atoms with van der Waals surface area (Å²) in [5, 5.41) is 15.3. The van der Waals surface area contributed by atoms with Crippen LogP contribution in [-0.4, -0.2) is 42.5 Å². The maximum Gasteiger partial charge on any atom is 0.247 e. The summed E-state index contributed by atoms with van der Waals surface area (Å²) in [7, 11) is -3.47. The molecule has 1 fully saturated rings. The molecule has 1 aliphatic carbocycles. The minimum absolute atomic E-state index is 0.0514. The Labute approximate surface area is 251 Å². The van der Waals surface area contributed by atoms with Gasteiger partial charge in [0.05, 0.1) is 29.1 Å². The van der Waals surface area contributed by atoms with Gasteiger partial charge in [-0.1, -0.05) is 30.7 Å². The number of nitrogens with one attached hydrogen (secondary N) is 2. The number of carbonyl (C=O) groups excluding carboxylic acids is 1. The Kier molecular flexibility index (Phi) is 9.00. The molecule has 1 aliphatic rings. The summed E-state index contributed by atoms with van der Waals surface area (Å²) in [6, 6.07) is 16.9. The van der Waals surface area contributed by atoms with Crippen LogP contribution >= 0.6 is 0 Å². The normalized spacial score (nSPS) is 14.2. The molecule has 43 heavy (non-hydrogen) atoms. The molecular weight excluding hydrogens is 566 g/mol. The molecule has 1 amide bonds. The number of nitrogens with two attached hydrogens (primary N) is 1. The van der Waals surface area contributed by atoms with Gasteiger partial charge in [-0.15, -0.1) is 5.10 Å². The van der Waals surface area contributed by atoms with Crippen molar-refractivity contribution in [3.8, 4) is 11.5 Å². The molecule has 5 rings (SSSR count). The third-order valence-electron chi connectivity index (χ3n) is 7.45. The monoisotopic (exact) mass is 603 g/mol. The Hall–Kier alpha value is -4.38. The number of rotatable bonds is 12. The zero-order valence-corrected chi connectivity index (χ0v) is 25.4. The highest BCUT2D eigenvalue weighted by atomic mass is 32.2. The number of aromatic nitrogens is 2. The first-order valence-corrected chi connectivity index (χ1v) is 16.0. The van der Waals surface area contributed by atoms with Crippen molar-refractivity contribution in [1.29, 1.82) is 0 Å². The second-order valence-electron chi connectivity index (χ2n) is 10.8. The molecular formula is C32H37N5O5S. The van der Waals surface area contributed by atoms with Crippen molar-refractivity contribution in [1.82, 2.24) is 15.5 Å². The average molecular weight is 604 g/mol. The first-order chi connectivity index (χ1) is 20.7. The summed E-state index contributed by atoms with van der Waals surface area (Å²) in [6.45, 7) is 6.22. The van der Waals surface area contributed by atoms with Crippen molar-refractivity contribution >= 4 is 38.0 Å². The van der Waals surface area contributed by atoms with Gasteiger partial charge in [0, 0.05) is 23.0 Å². The fourth-order valence-corrected chi connectivity index (χ4v) is 7.15. The van der Waals surface area contributed by atoms with E-state index in [1.165, 1.54) is 0 Å². The number of hydrogen-bond donors (Lipinski definition) is 3. The van der Waals surface area contributed by atoms with Gasteiger partial charge in [0.2, 0.25) is 5.91 Å². The molecule has 0 bridgehead atoms. The predicted octanol–water partition coefficient (Wildman–Crippen LogP) is 5.19. The van der Waals surface area contributed by atoms with Crippen molar-refractivity contribution in [3.63, 3.8) is 0 Å². The summed E-state index contributed by atoms with van der Waals surface area (Å²) in [5.74, 6) is 1.07. The van der Waals surface area contributed by atoms with Crippen molar-refractivity contribution in [2.24, 2.45) is 0 Å². The highest BCUT2D eigenvalue weighted by molar-refractivity contribution is 7.92. The van der Waals surface area contributed by atoms with Crippen LogP contribution in [0, 0.1) is 0 Å². The van der Waals surface area contributed by atoms with E-state index in [4.69, 9.17) is 15.2 Å². The van der Waals surface area contributed by atoms with Gasteiger partial charge in [-0.3, -0.25) is 4.79 Å². The summed E-state index contributed by atoms with van der Waals surface area (Å²) in [6.07, 6.45) is 3.78. The Morgan fingerprint density at radius 3 is 2.58 bits per heavy atom. The zero-order valence-electron chi connectivity index (χ0n) is 24.5. The third kappa shape index (κ3) is 6.67. The highest BCUT2D eigenvalue weighted by Crippen LogP contribution is 2.35. The van der Waals surface area contributed by atoms with Crippen LogP contribution < -0.4 is 25.8 Å². The Bertz CT molecular complexity index is 1720. The molecule has 0 saturated heterocycles. The van der Waals surface area contributed by atoms with E-state index in [1.807, 2.05) is 45.0 Å². The van der Waals surface area contributed by atoms with Crippen molar-refractivity contribution in [2.75, 3.05) is 17.7 Å². The highest BCUT2D eigenvalue weighted by Gasteiger charge is 2.34. The number of nitrogens with zero attached hydrogens (tertiary/aromatic N) is 2.